The second kappa shape index (κ2) is 8.46. The van der Waals surface area contributed by atoms with E-state index in [-0.39, 0.29) is 5.41 Å². The highest BCUT2D eigenvalue weighted by molar-refractivity contribution is 5.53. The first-order valence-electron chi connectivity index (χ1n) is 6.98. The highest BCUT2D eigenvalue weighted by Gasteiger charge is 2.23. The average molecular weight is 282 g/mol. The van der Waals surface area contributed by atoms with Crippen molar-refractivity contribution in [2.75, 3.05) is 0 Å². The van der Waals surface area contributed by atoms with Crippen LogP contribution in [0, 0.1) is 0 Å². The molecule has 0 aromatic heterocycles. The monoisotopic (exact) mass is 282 g/mol. The summed E-state index contributed by atoms with van der Waals surface area (Å²) in [5.74, 6) is 0.443. The fourth-order valence-corrected chi connectivity index (χ4v) is 2.10. The van der Waals surface area contributed by atoms with Gasteiger partial charge in [-0.05, 0) is 35.4 Å². The van der Waals surface area contributed by atoms with Crippen LogP contribution < -0.4 is 0 Å². The van der Waals surface area contributed by atoms with Gasteiger partial charge in [-0.3, -0.25) is 0 Å². The molecule has 0 amide bonds. The van der Waals surface area contributed by atoms with Gasteiger partial charge in [-0.15, -0.1) is 0 Å². The summed E-state index contributed by atoms with van der Waals surface area (Å²) in [6, 6.07) is 6.00. The molecule has 1 rings (SSSR count). The van der Waals surface area contributed by atoms with Gasteiger partial charge in [0.05, 0.1) is 0 Å². The zero-order valence-electron chi connectivity index (χ0n) is 12.8. The van der Waals surface area contributed by atoms with Crippen molar-refractivity contribution in [1.29, 1.82) is 0 Å². The maximum absolute atomic E-state index is 9.97. The van der Waals surface area contributed by atoms with E-state index in [1.807, 2.05) is 12.1 Å². The predicted molar refractivity (Wildman–Crippen MR) is 80.7 cm³/mol. The summed E-state index contributed by atoms with van der Waals surface area (Å²) in [5.41, 5.74) is 2.48. The molecule has 0 fully saturated rings. The number of carboxylic acid groups (broad SMARTS) is 2. The Labute approximate surface area is 121 Å². The summed E-state index contributed by atoms with van der Waals surface area (Å²) in [4.78, 5) is 8.56. The van der Waals surface area contributed by atoms with E-state index in [1.165, 1.54) is 18.4 Å². The first-order valence-corrected chi connectivity index (χ1v) is 6.98. The van der Waals surface area contributed by atoms with Gasteiger partial charge in [-0.25, -0.2) is 4.79 Å². The molecule has 0 radical (unpaired) electrons. The Balaban J connectivity index is 0.000000796. The fraction of sp³-hybridized carbons (Fsp3) is 0.562. The fourth-order valence-electron chi connectivity index (χ4n) is 2.10. The zero-order chi connectivity index (χ0) is 15.8. The zero-order valence-corrected chi connectivity index (χ0v) is 12.8. The van der Waals surface area contributed by atoms with Gasteiger partial charge in [0.1, 0.15) is 5.75 Å². The van der Waals surface area contributed by atoms with Crippen LogP contribution in [0.1, 0.15) is 58.1 Å². The van der Waals surface area contributed by atoms with Crippen LogP contribution in [0.5, 0.6) is 5.75 Å². The molecule has 0 spiro atoms. The van der Waals surface area contributed by atoms with Crippen LogP contribution in [-0.4, -0.2) is 21.5 Å². The van der Waals surface area contributed by atoms with E-state index in [1.54, 1.807) is 0 Å². The molecule has 3 N–H and O–H groups in total. The number of aromatic hydroxyl groups is 1. The Hall–Kier alpha value is -1.71. The largest absolute Gasteiger partial charge is 0.508 e. The molecule has 0 aliphatic heterocycles. The number of benzene rings is 1. The minimum atomic E-state index is -1.83. The van der Waals surface area contributed by atoms with Gasteiger partial charge in [0, 0.05) is 0 Å². The van der Waals surface area contributed by atoms with Crippen LogP contribution >= 0.6 is 0 Å². The van der Waals surface area contributed by atoms with Crippen molar-refractivity contribution in [2.24, 2.45) is 0 Å². The molecule has 20 heavy (non-hydrogen) atoms. The number of unbranched alkanes of at least 4 members (excludes halogenated alkanes) is 1. The van der Waals surface area contributed by atoms with Crippen LogP contribution in [0.2, 0.25) is 0 Å². The molecule has 1 aromatic rings. The summed E-state index contributed by atoms with van der Waals surface area (Å²) in [5, 5.41) is 23.9. The van der Waals surface area contributed by atoms with E-state index >= 15 is 0 Å². The topological polar surface area (TPSA) is 77.8 Å². The highest BCUT2D eigenvalue weighted by atomic mass is 16.6. The average Bonchev–Trinajstić information content (AvgIpc) is 2.36. The van der Waals surface area contributed by atoms with Crippen molar-refractivity contribution in [3.8, 4) is 5.75 Å². The molecule has 0 heterocycles. The maximum atomic E-state index is 9.97. The van der Waals surface area contributed by atoms with E-state index in [0.29, 0.717) is 5.75 Å². The lowest BCUT2D eigenvalue weighted by atomic mass is 9.79. The third-order valence-electron chi connectivity index (χ3n) is 3.35. The van der Waals surface area contributed by atoms with Crippen molar-refractivity contribution in [3.05, 3.63) is 29.3 Å². The standard InChI is InChI=1S/C15H24O.CH2O3/c1-5-7-10-15(3,4)13-11-12(6-2)8-9-14(13)16;2-1(3)4/h8-9,11,16H,5-7,10H2,1-4H3;(H2,2,3,4). The second-order valence-corrected chi connectivity index (χ2v) is 5.48. The van der Waals surface area contributed by atoms with Crippen molar-refractivity contribution >= 4 is 6.16 Å². The highest BCUT2D eigenvalue weighted by Crippen LogP contribution is 2.35. The number of aryl methyl sites for hydroxylation is 1. The van der Waals surface area contributed by atoms with Crippen LogP contribution in [0.25, 0.3) is 0 Å². The van der Waals surface area contributed by atoms with Crippen LogP contribution in [-0.2, 0) is 11.8 Å². The number of phenolic OH excluding ortho intramolecular Hbond substituents is 1. The molecular formula is C16H26O4. The molecule has 0 atom stereocenters. The van der Waals surface area contributed by atoms with Gasteiger partial charge in [0.2, 0.25) is 0 Å². The Morgan fingerprint density at radius 3 is 2.20 bits per heavy atom. The van der Waals surface area contributed by atoms with Gasteiger partial charge in [-0.1, -0.05) is 52.7 Å². The molecule has 0 saturated carbocycles. The molecule has 114 valence electrons. The van der Waals surface area contributed by atoms with Crippen molar-refractivity contribution < 1.29 is 20.1 Å². The quantitative estimate of drug-likeness (QED) is 0.735. The van der Waals surface area contributed by atoms with Gasteiger partial charge in [-0.2, -0.15) is 0 Å². The normalized spacial score (nSPS) is 10.6. The van der Waals surface area contributed by atoms with Gasteiger partial charge in [0.15, 0.2) is 0 Å². The van der Waals surface area contributed by atoms with Crippen molar-refractivity contribution in [2.45, 2.75) is 58.8 Å². The first kappa shape index (κ1) is 18.3. The Bertz CT molecular complexity index is 420. The number of hydrogen-bond acceptors (Lipinski definition) is 2. The van der Waals surface area contributed by atoms with Crippen molar-refractivity contribution in [3.63, 3.8) is 0 Å². The minimum Gasteiger partial charge on any atom is -0.508 e. The van der Waals surface area contributed by atoms with E-state index in [0.717, 1.165) is 18.4 Å². The molecule has 4 heteroatoms. The van der Waals surface area contributed by atoms with Gasteiger partial charge >= 0.3 is 6.16 Å². The Morgan fingerprint density at radius 2 is 1.75 bits per heavy atom. The second-order valence-electron chi connectivity index (χ2n) is 5.48. The van der Waals surface area contributed by atoms with E-state index in [2.05, 4.69) is 33.8 Å². The van der Waals surface area contributed by atoms with Crippen molar-refractivity contribution in [1.82, 2.24) is 0 Å². The summed E-state index contributed by atoms with van der Waals surface area (Å²) < 4.78 is 0. The molecule has 0 saturated heterocycles. The third kappa shape index (κ3) is 6.45. The molecule has 1 aromatic carbocycles. The molecule has 0 aliphatic carbocycles. The SMILES string of the molecule is CCCCC(C)(C)c1cc(CC)ccc1O.O=C(O)O. The lowest BCUT2D eigenvalue weighted by Crippen LogP contribution is -2.17. The van der Waals surface area contributed by atoms with E-state index < -0.39 is 6.16 Å². The molecule has 4 nitrogen and oxygen atoms in total. The lowest BCUT2D eigenvalue weighted by molar-refractivity contribution is 0.137. The lowest BCUT2D eigenvalue weighted by Gasteiger charge is -2.26. The third-order valence-corrected chi connectivity index (χ3v) is 3.35. The smallest absolute Gasteiger partial charge is 0.503 e. The van der Waals surface area contributed by atoms with Crippen LogP contribution in [0.4, 0.5) is 4.79 Å². The Morgan fingerprint density at radius 1 is 1.20 bits per heavy atom. The number of hydrogen-bond donors (Lipinski definition) is 3. The summed E-state index contributed by atoms with van der Waals surface area (Å²) >= 11 is 0. The first-order chi connectivity index (χ1) is 9.24. The maximum Gasteiger partial charge on any atom is 0.503 e. The van der Waals surface area contributed by atoms with Gasteiger partial charge in [0.25, 0.3) is 0 Å². The van der Waals surface area contributed by atoms with E-state index in [9.17, 15) is 5.11 Å². The summed E-state index contributed by atoms with van der Waals surface area (Å²) in [6.45, 7) is 8.79. The number of rotatable bonds is 5. The Kier molecular flexibility index (Phi) is 7.74. The van der Waals surface area contributed by atoms with Crippen LogP contribution in [0.3, 0.4) is 0 Å². The van der Waals surface area contributed by atoms with Crippen LogP contribution in [0.15, 0.2) is 18.2 Å². The summed E-state index contributed by atoms with van der Waals surface area (Å²) in [6.07, 6.45) is 2.74. The predicted octanol–water partition coefficient (Wildman–Crippen LogP) is 4.64. The molecular weight excluding hydrogens is 256 g/mol. The van der Waals surface area contributed by atoms with E-state index in [4.69, 9.17) is 15.0 Å². The molecule has 0 bridgehead atoms. The molecule has 0 aliphatic rings. The number of carbonyl (C=O) groups is 1. The summed E-state index contributed by atoms with van der Waals surface area (Å²) in [7, 11) is 0. The molecule has 0 unspecified atom stereocenters. The number of phenols is 1. The van der Waals surface area contributed by atoms with Gasteiger partial charge < -0.3 is 15.3 Å². The minimum absolute atomic E-state index is 0.0747.